The molecule has 1 fully saturated rings. The molecule has 1 radical (unpaired) electrons. The number of nitrogens with zero attached hydrogens (tertiary/aromatic N) is 1. The maximum atomic E-state index is 8.01. The SMILES string of the molecule is O/N=C1\N[CH]CN1. The van der Waals surface area contributed by atoms with E-state index in [-0.39, 0.29) is 0 Å². The van der Waals surface area contributed by atoms with E-state index in [4.69, 9.17) is 5.21 Å². The molecule has 0 saturated carbocycles. The summed E-state index contributed by atoms with van der Waals surface area (Å²) in [7, 11) is 0. The molecule has 3 N–H and O–H groups in total. The number of hydrogen-bond donors (Lipinski definition) is 3. The number of guanidine groups is 1. The molecule has 0 spiro atoms. The van der Waals surface area contributed by atoms with Crippen molar-refractivity contribution in [1.29, 1.82) is 0 Å². The van der Waals surface area contributed by atoms with E-state index < -0.39 is 0 Å². The van der Waals surface area contributed by atoms with Gasteiger partial charge in [0.05, 0.1) is 6.54 Å². The Morgan fingerprint density at radius 3 is 3.00 bits per heavy atom. The van der Waals surface area contributed by atoms with Gasteiger partial charge in [-0.3, -0.25) is 0 Å². The summed E-state index contributed by atoms with van der Waals surface area (Å²) in [6.45, 7) is 2.48. The van der Waals surface area contributed by atoms with Gasteiger partial charge >= 0.3 is 0 Å². The van der Waals surface area contributed by atoms with E-state index >= 15 is 0 Å². The Labute approximate surface area is 41.2 Å². The van der Waals surface area contributed by atoms with Gasteiger partial charge in [-0.1, -0.05) is 5.16 Å². The molecule has 1 aliphatic heterocycles. The first-order valence-electron chi connectivity index (χ1n) is 1.97. The Bertz CT molecular complexity index is 82.2. The van der Waals surface area contributed by atoms with Crippen molar-refractivity contribution in [2.75, 3.05) is 6.54 Å². The highest BCUT2D eigenvalue weighted by molar-refractivity contribution is 5.81. The first-order chi connectivity index (χ1) is 3.43. The summed E-state index contributed by atoms with van der Waals surface area (Å²) in [4.78, 5) is 0. The first kappa shape index (κ1) is 4.23. The smallest absolute Gasteiger partial charge is 0.233 e. The topological polar surface area (TPSA) is 56.7 Å². The molecule has 0 aromatic heterocycles. The minimum atomic E-state index is 0.417. The van der Waals surface area contributed by atoms with E-state index in [0.29, 0.717) is 5.96 Å². The van der Waals surface area contributed by atoms with Crippen LogP contribution in [0.5, 0.6) is 0 Å². The largest absolute Gasteiger partial charge is 0.408 e. The third-order valence-corrected chi connectivity index (χ3v) is 0.710. The van der Waals surface area contributed by atoms with Crippen molar-refractivity contribution in [2.45, 2.75) is 0 Å². The molecule has 0 aromatic rings. The van der Waals surface area contributed by atoms with Gasteiger partial charge in [-0.15, -0.1) is 0 Å². The molecule has 7 heavy (non-hydrogen) atoms. The lowest BCUT2D eigenvalue weighted by molar-refractivity contribution is 0.315. The molecule has 1 heterocycles. The average molecular weight is 100 g/mol. The Balaban J connectivity index is 2.41. The van der Waals surface area contributed by atoms with Crippen molar-refractivity contribution in [3.8, 4) is 0 Å². The van der Waals surface area contributed by atoms with E-state index in [1.165, 1.54) is 0 Å². The molecule has 0 unspecified atom stereocenters. The van der Waals surface area contributed by atoms with Crippen molar-refractivity contribution in [3.05, 3.63) is 6.54 Å². The van der Waals surface area contributed by atoms with Crippen molar-refractivity contribution in [3.63, 3.8) is 0 Å². The second-order valence-corrected chi connectivity index (χ2v) is 1.18. The molecule has 0 bridgehead atoms. The fourth-order valence-electron chi connectivity index (χ4n) is 0.411. The predicted molar refractivity (Wildman–Crippen MR) is 24.7 cm³/mol. The van der Waals surface area contributed by atoms with Crippen molar-refractivity contribution in [1.82, 2.24) is 10.6 Å². The van der Waals surface area contributed by atoms with Crippen LogP contribution in [-0.4, -0.2) is 17.7 Å². The lowest BCUT2D eigenvalue weighted by Gasteiger charge is -1.88. The predicted octanol–water partition coefficient (Wildman–Crippen LogP) is -0.914. The number of rotatable bonds is 0. The molecular weight excluding hydrogens is 94.1 g/mol. The molecule has 0 atom stereocenters. The van der Waals surface area contributed by atoms with E-state index in [1.54, 1.807) is 6.54 Å². The van der Waals surface area contributed by atoms with E-state index in [9.17, 15) is 0 Å². The molecule has 0 amide bonds. The standard InChI is InChI=1S/C3H6N3O/c7-6-3-4-1-2-5-3/h1,7H,2H2,(H2,4,5,6). The van der Waals surface area contributed by atoms with Gasteiger partial charge in [-0.25, -0.2) is 0 Å². The minimum Gasteiger partial charge on any atom is -0.408 e. The zero-order valence-corrected chi connectivity index (χ0v) is 3.68. The summed E-state index contributed by atoms with van der Waals surface area (Å²) in [5.41, 5.74) is 0. The summed E-state index contributed by atoms with van der Waals surface area (Å²) >= 11 is 0. The molecule has 4 heteroatoms. The van der Waals surface area contributed by atoms with Gasteiger partial charge in [-0.2, -0.15) is 0 Å². The van der Waals surface area contributed by atoms with Crippen LogP contribution in [0.4, 0.5) is 0 Å². The van der Waals surface area contributed by atoms with Crippen LogP contribution in [-0.2, 0) is 0 Å². The number of nitrogens with one attached hydrogen (secondary N) is 2. The van der Waals surface area contributed by atoms with Gasteiger partial charge in [0.2, 0.25) is 5.96 Å². The lowest BCUT2D eigenvalue weighted by Crippen LogP contribution is -2.22. The zero-order chi connectivity index (χ0) is 5.11. The lowest BCUT2D eigenvalue weighted by atomic mass is 10.7. The monoisotopic (exact) mass is 100 g/mol. The molecular formula is C3H6N3O. The van der Waals surface area contributed by atoms with Crippen molar-refractivity contribution in [2.24, 2.45) is 5.16 Å². The molecule has 0 aliphatic carbocycles. The Morgan fingerprint density at radius 2 is 2.71 bits per heavy atom. The highest BCUT2D eigenvalue weighted by Crippen LogP contribution is 1.77. The van der Waals surface area contributed by atoms with Crippen LogP contribution in [0.1, 0.15) is 0 Å². The summed E-state index contributed by atoms with van der Waals surface area (Å²) in [6, 6.07) is 0. The van der Waals surface area contributed by atoms with Gasteiger partial charge in [0.15, 0.2) is 0 Å². The summed E-state index contributed by atoms with van der Waals surface area (Å²) < 4.78 is 0. The summed E-state index contributed by atoms with van der Waals surface area (Å²) in [5.74, 6) is 0.417. The highest BCUT2D eigenvalue weighted by Gasteiger charge is 2.03. The molecule has 1 rings (SSSR count). The second-order valence-electron chi connectivity index (χ2n) is 1.18. The van der Waals surface area contributed by atoms with E-state index in [0.717, 1.165) is 6.54 Å². The second kappa shape index (κ2) is 1.68. The van der Waals surface area contributed by atoms with Crippen LogP contribution in [0, 0.1) is 6.54 Å². The first-order valence-corrected chi connectivity index (χ1v) is 1.97. The van der Waals surface area contributed by atoms with Gasteiger partial charge in [0.1, 0.15) is 0 Å². The van der Waals surface area contributed by atoms with Gasteiger partial charge in [0.25, 0.3) is 0 Å². The highest BCUT2D eigenvalue weighted by atomic mass is 16.4. The molecule has 4 nitrogen and oxygen atoms in total. The summed E-state index contributed by atoms with van der Waals surface area (Å²) in [5, 5.41) is 16.3. The molecule has 39 valence electrons. The minimum absolute atomic E-state index is 0.417. The summed E-state index contributed by atoms with van der Waals surface area (Å²) in [6.07, 6.45) is 0. The number of hydrogen-bond acceptors (Lipinski definition) is 2. The van der Waals surface area contributed by atoms with Crippen LogP contribution in [0.25, 0.3) is 0 Å². The average Bonchev–Trinajstić information content (AvgIpc) is 2.14. The maximum absolute atomic E-state index is 8.01. The van der Waals surface area contributed by atoms with E-state index in [1.807, 2.05) is 0 Å². The zero-order valence-electron chi connectivity index (χ0n) is 3.68. The fraction of sp³-hybridized carbons (Fsp3) is 0.333. The third kappa shape index (κ3) is 0.734. The molecule has 1 saturated heterocycles. The Hall–Kier alpha value is -0.930. The molecule has 0 aromatic carbocycles. The fourth-order valence-corrected chi connectivity index (χ4v) is 0.411. The van der Waals surface area contributed by atoms with Gasteiger partial charge in [0, 0.05) is 6.54 Å². The Kier molecular flexibility index (Phi) is 1.02. The van der Waals surface area contributed by atoms with Crippen LogP contribution in [0.3, 0.4) is 0 Å². The van der Waals surface area contributed by atoms with Crippen molar-refractivity contribution < 1.29 is 5.21 Å². The van der Waals surface area contributed by atoms with Crippen LogP contribution < -0.4 is 10.6 Å². The van der Waals surface area contributed by atoms with Crippen LogP contribution >= 0.6 is 0 Å². The normalized spacial score (nSPS) is 24.3. The molecule has 1 aliphatic rings. The van der Waals surface area contributed by atoms with Gasteiger partial charge < -0.3 is 15.8 Å². The van der Waals surface area contributed by atoms with E-state index in [2.05, 4.69) is 15.8 Å². The Morgan fingerprint density at radius 1 is 1.86 bits per heavy atom. The maximum Gasteiger partial charge on any atom is 0.233 e. The van der Waals surface area contributed by atoms with Crippen LogP contribution in [0.2, 0.25) is 0 Å². The van der Waals surface area contributed by atoms with Gasteiger partial charge in [-0.05, 0) is 0 Å². The third-order valence-electron chi connectivity index (χ3n) is 0.710. The quantitative estimate of drug-likeness (QED) is 0.273. The van der Waals surface area contributed by atoms with Crippen LogP contribution in [0.15, 0.2) is 5.16 Å². The number of oxime groups is 1. The van der Waals surface area contributed by atoms with Crippen molar-refractivity contribution >= 4 is 5.96 Å².